The quantitative estimate of drug-likeness (QED) is 0.757. The highest BCUT2D eigenvalue weighted by Gasteiger charge is 2.41. The number of ether oxygens (including phenoxy) is 2. The van der Waals surface area contributed by atoms with Crippen molar-refractivity contribution in [1.82, 2.24) is 0 Å². The van der Waals surface area contributed by atoms with Crippen LogP contribution in [-0.2, 0) is 16.1 Å². The molecule has 3 rings (SSSR count). The maximum atomic E-state index is 6.21. The zero-order valence-corrected chi connectivity index (χ0v) is 13.1. The van der Waals surface area contributed by atoms with Gasteiger partial charge in [0.05, 0.1) is 24.9 Å². The zero-order valence-electron chi connectivity index (χ0n) is 13.1. The molecule has 0 fully saturated rings. The van der Waals surface area contributed by atoms with E-state index in [2.05, 4.69) is 51.1 Å². The van der Waals surface area contributed by atoms with Crippen molar-refractivity contribution in [1.29, 1.82) is 0 Å². The molecule has 0 spiro atoms. The Balaban J connectivity index is 1.53. The van der Waals surface area contributed by atoms with E-state index in [0.29, 0.717) is 25.0 Å². The molecule has 1 aromatic rings. The van der Waals surface area contributed by atoms with Gasteiger partial charge in [0.25, 0.3) is 0 Å². The Labute approximate surface area is 127 Å². The van der Waals surface area contributed by atoms with Gasteiger partial charge in [0.2, 0.25) is 0 Å². The summed E-state index contributed by atoms with van der Waals surface area (Å²) in [5.41, 5.74) is 2.49. The highest BCUT2D eigenvalue weighted by Crippen LogP contribution is 2.42. The summed E-state index contributed by atoms with van der Waals surface area (Å²) in [4.78, 5) is 0. The molecule has 2 heteroatoms. The van der Waals surface area contributed by atoms with Crippen LogP contribution in [0.1, 0.15) is 26.3 Å². The molecule has 0 radical (unpaired) electrons. The van der Waals surface area contributed by atoms with Crippen LogP contribution in [0.3, 0.4) is 0 Å². The average Bonchev–Trinajstić information content (AvgIpc) is 2.95. The standard InChI is InChI=1S/C19H24O2/c1-19(2,3)21-18-15-9-10-17(18)16(11-15)13-20-12-14-7-5-4-6-8-14/h4-11,15,17-18H,12-13H2,1-3H3/t15-,17+,18-/m1/s1. The third-order valence-electron chi connectivity index (χ3n) is 3.98. The van der Waals surface area contributed by atoms with E-state index in [0.717, 1.165) is 0 Å². The first kappa shape index (κ1) is 14.6. The molecule has 0 saturated heterocycles. The lowest BCUT2D eigenvalue weighted by molar-refractivity contribution is -0.0737. The maximum absolute atomic E-state index is 6.21. The van der Waals surface area contributed by atoms with Crippen molar-refractivity contribution in [3.05, 3.63) is 59.7 Å². The monoisotopic (exact) mass is 284 g/mol. The summed E-state index contributed by atoms with van der Waals surface area (Å²) in [5.74, 6) is 0.814. The SMILES string of the molecule is CC(C)(C)O[C@@H]1[C@@H]2C=C[C@H]1C(COCc1ccccc1)=C2. The number of hydrogen-bond acceptors (Lipinski definition) is 2. The van der Waals surface area contributed by atoms with Gasteiger partial charge >= 0.3 is 0 Å². The highest BCUT2D eigenvalue weighted by molar-refractivity contribution is 5.34. The molecule has 2 bridgehead atoms. The van der Waals surface area contributed by atoms with Crippen LogP contribution in [0.5, 0.6) is 0 Å². The fraction of sp³-hybridized carbons (Fsp3) is 0.474. The molecular weight excluding hydrogens is 260 g/mol. The van der Waals surface area contributed by atoms with Gasteiger partial charge in [-0.1, -0.05) is 48.6 Å². The second kappa shape index (κ2) is 5.78. The van der Waals surface area contributed by atoms with E-state index < -0.39 is 0 Å². The summed E-state index contributed by atoms with van der Waals surface area (Å²) in [6.45, 7) is 7.73. The Morgan fingerprint density at radius 1 is 1.00 bits per heavy atom. The largest absolute Gasteiger partial charge is 0.372 e. The van der Waals surface area contributed by atoms with Crippen LogP contribution in [0.25, 0.3) is 0 Å². The van der Waals surface area contributed by atoms with E-state index in [1.54, 1.807) is 0 Å². The van der Waals surface area contributed by atoms with Crippen LogP contribution in [0.2, 0.25) is 0 Å². The fourth-order valence-electron chi connectivity index (χ4n) is 3.12. The zero-order chi connectivity index (χ0) is 14.9. The first-order valence-corrected chi connectivity index (χ1v) is 7.71. The van der Waals surface area contributed by atoms with Crippen LogP contribution >= 0.6 is 0 Å². The molecule has 112 valence electrons. The maximum Gasteiger partial charge on any atom is 0.0780 e. The van der Waals surface area contributed by atoms with E-state index in [1.165, 1.54) is 11.1 Å². The third kappa shape index (κ3) is 3.45. The Kier molecular flexibility index (Phi) is 4.01. The van der Waals surface area contributed by atoms with E-state index in [4.69, 9.17) is 9.47 Å². The average molecular weight is 284 g/mol. The Morgan fingerprint density at radius 3 is 2.48 bits per heavy atom. The minimum atomic E-state index is -0.0959. The summed E-state index contributed by atoms with van der Waals surface area (Å²) in [6, 6.07) is 10.3. The van der Waals surface area contributed by atoms with Crippen molar-refractivity contribution >= 4 is 0 Å². The summed E-state index contributed by atoms with van der Waals surface area (Å²) >= 11 is 0. The third-order valence-corrected chi connectivity index (χ3v) is 3.98. The van der Waals surface area contributed by atoms with Crippen molar-refractivity contribution < 1.29 is 9.47 Å². The highest BCUT2D eigenvalue weighted by atomic mass is 16.5. The molecule has 2 nitrogen and oxygen atoms in total. The van der Waals surface area contributed by atoms with Gasteiger partial charge in [-0.3, -0.25) is 0 Å². The Hall–Kier alpha value is -1.38. The van der Waals surface area contributed by atoms with Crippen LogP contribution in [0.4, 0.5) is 0 Å². The van der Waals surface area contributed by atoms with E-state index in [9.17, 15) is 0 Å². The topological polar surface area (TPSA) is 18.5 Å². The number of rotatable bonds is 5. The molecule has 0 amide bonds. The van der Waals surface area contributed by atoms with Gasteiger partial charge in [-0.05, 0) is 31.9 Å². The lowest BCUT2D eigenvalue weighted by atomic mass is 10.0. The smallest absolute Gasteiger partial charge is 0.0780 e. The van der Waals surface area contributed by atoms with Crippen LogP contribution in [-0.4, -0.2) is 18.3 Å². The van der Waals surface area contributed by atoms with Crippen molar-refractivity contribution in [2.75, 3.05) is 6.61 Å². The molecule has 0 aromatic heterocycles. The van der Waals surface area contributed by atoms with Crippen LogP contribution in [0.15, 0.2) is 54.1 Å². The number of fused-ring (bicyclic) bond motifs is 2. The van der Waals surface area contributed by atoms with Gasteiger partial charge in [-0.25, -0.2) is 0 Å². The molecule has 3 atom stereocenters. The van der Waals surface area contributed by atoms with Crippen molar-refractivity contribution in [2.24, 2.45) is 11.8 Å². The van der Waals surface area contributed by atoms with E-state index in [-0.39, 0.29) is 11.7 Å². The van der Waals surface area contributed by atoms with Crippen molar-refractivity contribution in [3.8, 4) is 0 Å². The first-order valence-electron chi connectivity index (χ1n) is 7.71. The Morgan fingerprint density at radius 2 is 1.76 bits per heavy atom. The molecule has 2 aliphatic rings. The van der Waals surface area contributed by atoms with Gasteiger partial charge in [0.1, 0.15) is 0 Å². The normalized spacial score (nSPS) is 27.2. The van der Waals surface area contributed by atoms with E-state index >= 15 is 0 Å². The minimum absolute atomic E-state index is 0.0959. The van der Waals surface area contributed by atoms with Crippen LogP contribution in [0, 0.1) is 11.8 Å². The number of benzene rings is 1. The molecule has 0 heterocycles. The van der Waals surface area contributed by atoms with Gasteiger partial charge in [0, 0.05) is 11.8 Å². The molecule has 0 N–H and O–H groups in total. The van der Waals surface area contributed by atoms with E-state index in [1.807, 2.05) is 18.2 Å². The van der Waals surface area contributed by atoms with Gasteiger partial charge in [-0.15, -0.1) is 0 Å². The fourth-order valence-corrected chi connectivity index (χ4v) is 3.12. The lowest BCUT2D eigenvalue weighted by Gasteiger charge is -2.28. The molecule has 0 saturated carbocycles. The second-order valence-corrected chi connectivity index (χ2v) is 6.90. The van der Waals surface area contributed by atoms with Crippen molar-refractivity contribution in [3.63, 3.8) is 0 Å². The Bertz CT molecular complexity index is 536. The summed E-state index contributed by atoms with van der Waals surface area (Å²) in [6.07, 6.45) is 7.14. The predicted octanol–water partition coefficient (Wildman–Crippen LogP) is 4.13. The summed E-state index contributed by atoms with van der Waals surface area (Å²) < 4.78 is 12.1. The molecular formula is C19H24O2. The molecule has 0 aliphatic heterocycles. The van der Waals surface area contributed by atoms with Gasteiger partial charge in [0.15, 0.2) is 0 Å². The van der Waals surface area contributed by atoms with Gasteiger partial charge in [-0.2, -0.15) is 0 Å². The second-order valence-electron chi connectivity index (χ2n) is 6.90. The molecule has 0 unspecified atom stereocenters. The lowest BCUT2D eigenvalue weighted by Crippen LogP contribution is -2.32. The molecule has 1 aromatic carbocycles. The summed E-state index contributed by atoms with van der Waals surface area (Å²) in [5, 5.41) is 0. The summed E-state index contributed by atoms with van der Waals surface area (Å²) in [7, 11) is 0. The van der Waals surface area contributed by atoms with Crippen LogP contribution < -0.4 is 0 Å². The minimum Gasteiger partial charge on any atom is -0.372 e. The first-order chi connectivity index (χ1) is 10.0. The number of hydrogen-bond donors (Lipinski definition) is 0. The van der Waals surface area contributed by atoms with Crippen molar-refractivity contribution in [2.45, 2.75) is 39.1 Å². The van der Waals surface area contributed by atoms with Gasteiger partial charge < -0.3 is 9.47 Å². The molecule has 21 heavy (non-hydrogen) atoms. The molecule has 2 aliphatic carbocycles. The predicted molar refractivity (Wildman–Crippen MR) is 84.9 cm³/mol.